The smallest absolute Gasteiger partial charge is 0.330 e. The standard InChI is InChI=1S/C13H17N3O/c1-3-15(4-2)11-5-7-12(8-6-11)16-10-9-14-13(16)17/h5-10H,3-4H2,1-2H3,(H,14,17). The van der Waals surface area contributed by atoms with E-state index < -0.39 is 0 Å². The van der Waals surface area contributed by atoms with Crippen LogP contribution in [0.15, 0.2) is 41.5 Å². The van der Waals surface area contributed by atoms with Crippen LogP contribution in [-0.2, 0) is 0 Å². The Morgan fingerprint density at radius 1 is 1.18 bits per heavy atom. The van der Waals surface area contributed by atoms with Crippen LogP contribution in [0.25, 0.3) is 5.69 Å². The molecule has 0 aliphatic carbocycles. The number of benzene rings is 1. The summed E-state index contributed by atoms with van der Waals surface area (Å²) < 4.78 is 1.59. The van der Waals surface area contributed by atoms with Crippen LogP contribution in [0.3, 0.4) is 0 Å². The zero-order chi connectivity index (χ0) is 12.3. The van der Waals surface area contributed by atoms with Gasteiger partial charge in [0.05, 0.1) is 5.69 Å². The van der Waals surface area contributed by atoms with Gasteiger partial charge in [-0.3, -0.25) is 4.57 Å². The average molecular weight is 231 g/mol. The number of nitrogens with zero attached hydrogens (tertiary/aromatic N) is 2. The van der Waals surface area contributed by atoms with E-state index in [-0.39, 0.29) is 5.69 Å². The molecule has 1 aromatic carbocycles. The van der Waals surface area contributed by atoms with Gasteiger partial charge in [-0.2, -0.15) is 0 Å². The van der Waals surface area contributed by atoms with Gasteiger partial charge >= 0.3 is 5.69 Å². The number of H-pyrrole nitrogens is 1. The normalized spacial score (nSPS) is 10.5. The van der Waals surface area contributed by atoms with Crippen molar-refractivity contribution in [3.8, 4) is 5.69 Å². The summed E-state index contributed by atoms with van der Waals surface area (Å²) in [4.78, 5) is 16.3. The lowest BCUT2D eigenvalue weighted by Crippen LogP contribution is -2.21. The fraction of sp³-hybridized carbons (Fsp3) is 0.308. The first-order valence-electron chi connectivity index (χ1n) is 5.87. The maximum atomic E-state index is 11.4. The third-order valence-electron chi connectivity index (χ3n) is 2.91. The first-order valence-corrected chi connectivity index (χ1v) is 5.87. The maximum absolute atomic E-state index is 11.4. The predicted octanol–water partition coefficient (Wildman–Crippen LogP) is 2.01. The van der Waals surface area contributed by atoms with Crippen molar-refractivity contribution in [2.24, 2.45) is 0 Å². The first kappa shape index (κ1) is 11.5. The highest BCUT2D eigenvalue weighted by atomic mass is 16.1. The topological polar surface area (TPSA) is 41.0 Å². The summed E-state index contributed by atoms with van der Waals surface area (Å²) >= 11 is 0. The lowest BCUT2D eigenvalue weighted by atomic mass is 10.2. The Balaban J connectivity index is 2.30. The number of aromatic nitrogens is 2. The molecule has 4 nitrogen and oxygen atoms in total. The molecule has 0 spiro atoms. The van der Waals surface area contributed by atoms with Crippen molar-refractivity contribution in [1.29, 1.82) is 0 Å². The Morgan fingerprint density at radius 3 is 2.29 bits per heavy atom. The Hall–Kier alpha value is -1.97. The van der Waals surface area contributed by atoms with Gasteiger partial charge in [-0.1, -0.05) is 0 Å². The van der Waals surface area contributed by atoms with Gasteiger partial charge in [0.2, 0.25) is 0 Å². The van der Waals surface area contributed by atoms with E-state index in [0.29, 0.717) is 0 Å². The van der Waals surface area contributed by atoms with Crippen molar-refractivity contribution in [2.45, 2.75) is 13.8 Å². The SMILES string of the molecule is CCN(CC)c1ccc(-n2cc[nH]c2=O)cc1. The van der Waals surface area contributed by atoms with Gasteiger partial charge < -0.3 is 9.88 Å². The van der Waals surface area contributed by atoms with Crippen molar-refractivity contribution in [3.63, 3.8) is 0 Å². The van der Waals surface area contributed by atoms with Crippen LogP contribution in [0.5, 0.6) is 0 Å². The zero-order valence-electron chi connectivity index (χ0n) is 10.2. The van der Waals surface area contributed by atoms with Crippen molar-refractivity contribution in [2.75, 3.05) is 18.0 Å². The van der Waals surface area contributed by atoms with Crippen LogP contribution < -0.4 is 10.6 Å². The van der Waals surface area contributed by atoms with Crippen LogP contribution in [0.2, 0.25) is 0 Å². The molecule has 0 aliphatic rings. The molecule has 4 heteroatoms. The molecule has 0 aliphatic heterocycles. The first-order chi connectivity index (χ1) is 8.26. The van der Waals surface area contributed by atoms with E-state index in [1.165, 1.54) is 5.69 Å². The summed E-state index contributed by atoms with van der Waals surface area (Å²) in [5, 5.41) is 0. The minimum Gasteiger partial charge on any atom is -0.372 e. The fourth-order valence-electron chi connectivity index (χ4n) is 1.94. The van der Waals surface area contributed by atoms with Crippen molar-refractivity contribution < 1.29 is 0 Å². The largest absolute Gasteiger partial charge is 0.372 e. The van der Waals surface area contributed by atoms with Crippen LogP contribution in [0.4, 0.5) is 5.69 Å². The zero-order valence-corrected chi connectivity index (χ0v) is 10.2. The molecule has 2 rings (SSSR count). The summed E-state index contributed by atoms with van der Waals surface area (Å²) in [6.45, 7) is 6.24. The predicted molar refractivity (Wildman–Crippen MR) is 70.0 cm³/mol. The molecule has 90 valence electrons. The van der Waals surface area contributed by atoms with Gasteiger partial charge in [-0.25, -0.2) is 4.79 Å². The Kier molecular flexibility index (Phi) is 3.32. The molecule has 0 amide bonds. The summed E-state index contributed by atoms with van der Waals surface area (Å²) in [7, 11) is 0. The molecule has 0 unspecified atom stereocenters. The van der Waals surface area contributed by atoms with E-state index in [1.54, 1.807) is 17.0 Å². The second-order valence-electron chi connectivity index (χ2n) is 3.82. The molecule has 2 aromatic rings. The van der Waals surface area contributed by atoms with Crippen LogP contribution in [-0.4, -0.2) is 22.6 Å². The molecule has 1 aromatic heterocycles. The highest BCUT2D eigenvalue weighted by Gasteiger charge is 2.03. The van der Waals surface area contributed by atoms with Gasteiger partial charge in [-0.05, 0) is 38.1 Å². The van der Waals surface area contributed by atoms with Gasteiger partial charge in [0.1, 0.15) is 0 Å². The van der Waals surface area contributed by atoms with E-state index in [0.717, 1.165) is 18.8 Å². The third-order valence-corrected chi connectivity index (χ3v) is 2.91. The minimum absolute atomic E-state index is 0.111. The molecule has 0 atom stereocenters. The van der Waals surface area contributed by atoms with E-state index >= 15 is 0 Å². The van der Waals surface area contributed by atoms with Crippen LogP contribution in [0.1, 0.15) is 13.8 Å². The van der Waals surface area contributed by atoms with Crippen molar-refractivity contribution in [3.05, 3.63) is 47.1 Å². The third kappa shape index (κ3) is 2.25. The molecule has 0 saturated carbocycles. The lowest BCUT2D eigenvalue weighted by Gasteiger charge is -2.21. The van der Waals surface area contributed by atoms with E-state index in [4.69, 9.17) is 0 Å². The highest BCUT2D eigenvalue weighted by Crippen LogP contribution is 2.16. The Bertz CT molecular complexity index is 520. The highest BCUT2D eigenvalue weighted by molar-refractivity contribution is 5.50. The average Bonchev–Trinajstić information content (AvgIpc) is 2.78. The minimum atomic E-state index is -0.111. The van der Waals surface area contributed by atoms with E-state index in [2.05, 4.69) is 23.7 Å². The molecule has 1 N–H and O–H groups in total. The molecule has 0 radical (unpaired) electrons. The number of aromatic amines is 1. The fourth-order valence-corrected chi connectivity index (χ4v) is 1.94. The number of hydrogen-bond acceptors (Lipinski definition) is 2. The van der Waals surface area contributed by atoms with E-state index in [1.807, 2.05) is 24.3 Å². The maximum Gasteiger partial charge on any atom is 0.330 e. The van der Waals surface area contributed by atoms with Gasteiger partial charge in [-0.15, -0.1) is 0 Å². The summed E-state index contributed by atoms with van der Waals surface area (Å²) in [6.07, 6.45) is 3.37. The summed E-state index contributed by atoms with van der Waals surface area (Å²) in [6, 6.07) is 8.01. The number of anilines is 1. The quantitative estimate of drug-likeness (QED) is 0.874. The number of nitrogens with one attached hydrogen (secondary N) is 1. The number of imidazole rings is 1. The molecule has 0 saturated heterocycles. The second kappa shape index (κ2) is 4.91. The van der Waals surface area contributed by atoms with Crippen molar-refractivity contribution >= 4 is 5.69 Å². The van der Waals surface area contributed by atoms with Gasteiger partial charge in [0, 0.05) is 31.2 Å². The van der Waals surface area contributed by atoms with Gasteiger partial charge in [0.15, 0.2) is 0 Å². The molecular weight excluding hydrogens is 214 g/mol. The second-order valence-corrected chi connectivity index (χ2v) is 3.82. The summed E-state index contributed by atoms with van der Waals surface area (Å²) in [5.74, 6) is 0. The molecule has 1 heterocycles. The van der Waals surface area contributed by atoms with Crippen LogP contribution >= 0.6 is 0 Å². The molecular formula is C13H17N3O. The Morgan fingerprint density at radius 2 is 1.82 bits per heavy atom. The molecule has 0 bridgehead atoms. The number of hydrogen-bond donors (Lipinski definition) is 1. The molecule has 0 fully saturated rings. The lowest BCUT2D eigenvalue weighted by molar-refractivity contribution is 0.865. The Labute approximate surface area is 101 Å². The molecule has 17 heavy (non-hydrogen) atoms. The monoisotopic (exact) mass is 231 g/mol. The number of rotatable bonds is 4. The summed E-state index contributed by atoms with van der Waals surface area (Å²) in [5.41, 5.74) is 1.95. The van der Waals surface area contributed by atoms with E-state index in [9.17, 15) is 4.79 Å². The van der Waals surface area contributed by atoms with Gasteiger partial charge in [0.25, 0.3) is 0 Å². The van der Waals surface area contributed by atoms with Crippen molar-refractivity contribution in [1.82, 2.24) is 9.55 Å². The van der Waals surface area contributed by atoms with Crippen LogP contribution in [0, 0.1) is 0 Å².